The summed E-state index contributed by atoms with van der Waals surface area (Å²) in [4.78, 5) is 27.7. The topological polar surface area (TPSA) is 71.0 Å². The third-order valence-corrected chi connectivity index (χ3v) is 3.49. The monoisotopic (exact) mass is 317 g/mol. The molecule has 0 bridgehead atoms. The highest BCUT2D eigenvalue weighted by Gasteiger charge is 2.27. The van der Waals surface area contributed by atoms with E-state index in [0.29, 0.717) is 12.2 Å². The van der Waals surface area contributed by atoms with Crippen molar-refractivity contribution < 1.29 is 14.3 Å². The van der Waals surface area contributed by atoms with E-state index in [2.05, 4.69) is 10.3 Å². The Morgan fingerprint density at radius 1 is 1.35 bits per heavy atom. The molecule has 1 N–H and O–H groups in total. The van der Waals surface area contributed by atoms with Crippen molar-refractivity contribution in [2.75, 3.05) is 18.4 Å². The van der Waals surface area contributed by atoms with E-state index in [9.17, 15) is 9.59 Å². The van der Waals surface area contributed by atoms with Crippen LogP contribution in [0.1, 0.15) is 33.6 Å². The summed E-state index contributed by atoms with van der Waals surface area (Å²) >= 11 is 0. The smallest absolute Gasteiger partial charge is 0.410 e. The van der Waals surface area contributed by atoms with Crippen LogP contribution < -0.4 is 5.32 Å². The lowest BCUT2D eigenvalue weighted by Gasteiger charge is -2.34. The third-order valence-electron chi connectivity index (χ3n) is 3.49. The van der Waals surface area contributed by atoms with Crippen LogP contribution in [0, 0.1) is 0 Å². The summed E-state index contributed by atoms with van der Waals surface area (Å²) in [6, 6.07) is 7.41. The largest absolute Gasteiger partial charge is 0.444 e. The van der Waals surface area contributed by atoms with Crippen LogP contribution in [0.5, 0.6) is 0 Å². The third kappa shape index (κ3) is 5.42. The molecule has 0 aliphatic carbocycles. The molecule has 1 heterocycles. The average Bonchev–Trinajstić information content (AvgIpc) is 2.48. The zero-order valence-corrected chi connectivity index (χ0v) is 13.8. The molecule has 1 amide bonds. The predicted octanol–water partition coefficient (Wildman–Crippen LogP) is 3.47. The van der Waals surface area contributed by atoms with Gasteiger partial charge in [-0.25, -0.2) is 9.59 Å². The number of nitrogens with zero attached hydrogens (tertiary/aromatic N) is 2. The molecular weight excluding hydrogens is 294 g/mol. The van der Waals surface area contributed by atoms with Crippen molar-refractivity contribution in [3.05, 3.63) is 24.3 Å². The maximum atomic E-state index is 12.2. The Morgan fingerprint density at radius 3 is 2.65 bits per heavy atom. The molecule has 0 saturated carbocycles. The maximum absolute atomic E-state index is 12.2. The highest BCUT2D eigenvalue weighted by atomic mass is 16.6. The lowest BCUT2D eigenvalue weighted by molar-refractivity contribution is 0.0206. The Morgan fingerprint density at radius 2 is 2.04 bits per heavy atom. The Labute approximate surface area is 136 Å². The predicted molar refractivity (Wildman–Crippen MR) is 88.7 cm³/mol. The van der Waals surface area contributed by atoms with Gasteiger partial charge in [-0.3, -0.25) is 0 Å². The molecule has 6 nitrogen and oxygen atoms in total. The van der Waals surface area contributed by atoms with Gasteiger partial charge in [-0.15, -0.1) is 0 Å². The van der Waals surface area contributed by atoms with E-state index >= 15 is 0 Å². The van der Waals surface area contributed by atoms with Crippen LogP contribution in [0.4, 0.5) is 16.2 Å². The summed E-state index contributed by atoms with van der Waals surface area (Å²) in [5.41, 5.74) is 1.03. The number of carbonyl (C=O) groups excluding carboxylic acids is 2. The summed E-state index contributed by atoms with van der Waals surface area (Å²) in [7, 11) is 0. The van der Waals surface area contributed by atoms with E-state index in [1.807, 2.05) is 32.9 Å². The van der Waals surface area contributed by atoms with Crippen molar-refractivity contribution in [1.82, 2.24) is 4.90 Å². The Balaban J connectivity index is 1.93. The maximum Gasteiger partial charge on any atom is 0.410 e. The van der Waals surface area contributed by atoms with Crippen LogP contribution in [0.25, 0.3) is 0 Å². The number of rotatable bonds is 3. The van der Waals surface area contributed by atoms with E-state index in [1.165, 1.54) is 6.08 Å². The summed E-state index contributed by atoms with van der Waals surface area (Å²) in [6.45, 7) is 6.94. The molecule has 2 rings (SSSR count). The molecule has 0 aromatic heterocycles. The minimum atomic E-state index is -0.480. The van der Waals surface area contributed by atoms with E-state index in [4.69, 9.17) is 4.74 Å². The molecule has 1 atom stereocenters. The Hall–Kier alpha value is -2.33. The SMILES string of the molecule is CC(C)(C)OC(=O)N1CCCC(Nc2ccc(N=C=O)cc2)C1. The highest BCUT2D eigenvalue weighted by molar-refractivity contribution is 5.68. The number of nitrogens with one attached hydrogen (secondary N) is 1. The second-order valence-corrected chi connectivity index (χ2v) is 6.66. The van der Waals surface area contributed by atoms with Gasteiger partial charge in [0.05, 0.1) is 5.69 Å². The van der Waals surface area contributed by atoms with Crippen molar-refractivity contribution in [2.24, 2.45) is 4.99 Å². The number of hydrogen-bond acceptors (Lipinski definition) is 5. The number of aliphatic imine (C=N–C) groups is 1. The Kier molecular flexibility index (Phi) is 5.40. The van der Waals surface area contributed by atoms with Crippen LogP contribution in [0.3, 0.4) is 0 Å². The Bertz CT molecular complexity index is 586. The molecule has 1 aliphatic heterocycles. The first kappa shape index (κ1) is 17.0. The zero-order chi connectivity index (χ0) is 16.9. The molecule has 6 heteroatoms. The molecule has 1 saturated heterocycles. The van der Waals surface area contributed by atoms with Gasteiger partial charge in [0.2, 0.25) is 6.08 Å². The summed E-state index contributed by atoms with van der Waals surface area (Å²) in [5.74, 6) is 0. The van der Waals surface area contributed by atoms with E-state index < -0.39 is 5.60 Å². The van der Waals surface area contributed by atoms with Gasteiger partial charge in [0.25, 0.3) is 0 Å². The quantitative estimate of drug-likeness (QED) is 0.684. The van der Waals surface area contributed by atoms with Crippen LogP contribution in [-0.2, 0) is 9.53 Å². The standard InChI is InChI=1S/C17H23N3O3/c1-17(2,3)23-16(22)20-10-4-5-15(11-20)19-14-8-6-13(7-9-14)18-12-21/h6-9,15,19H,4-5,10-11H2,1-3H3. The molecule has 23 heavy (non-hydrogen) atoms. The first-order valence-corrected chi connectivity index (χ1v) is 7.80. The molecule has 0 spiro atoms. The first-order chi connectivity index (χ1) is 10.9. The van der Waals surface area contributed by atoms with Crippen LogP contribution >= 0.6 is 0 Å². The fourth-order valence-electron chi connectivity index (χ4n) is 2.51. The second kappa shape index (κ2) is 7.29. The summed E-state index contributed by atoms with van der Waals surface area (Å²) in [6.07, 6.45) is 3.18. The van der Waals surface area contributed by atoms with Crippen LogP contribution in [0.2, 0.25) is 0 Å². The molecule has 0 radical (unpaired) electrons. The molecule has 1 aromatic carbocycles. The highest BCUT2D eigenvalue weighted by Crippen LogP contribution is 2.20. The number of benzene rings is 1. The van der Waals surface area contributed by atoms with E-state index in [1.54, 1.807) is 17.0 Å². The number of isocyanates is 1. The van der Waals surface area contributed by atoms with Gasteiger partial charge >= 0.3 is 6.09 Å². The number of ether oxygens (including phenoxy) is 1. The fourth-order valence-corrected chi connectivity index (χ4v) is 2.51. The minimum absolute atomic E-state index is 0.177. The van der Waals surface area contributed by atoms with Gasteiger partial charge in [0.1, 0.15) is 5.60 Å². The minimum Gasteiger partial charge on any atom is -0.444 e. The zero-order valence-electron chi connectivity index (χ0n) is 13.8. The first-order valence-electron chi connectivity index (χ1n) is 7.80. The summed E-state index contributed by atoms with van der Waals surface area (Å²) in [5, 5.41) is 3.41. The van der Waals surface area contributed by atoms with Gasteiger partial charge in [0.15, 0.2) is 0 Å². The molecule has 1 aromatic rings. The normalized spacial score (nSPS) is 18.0. The van der Waals surface area contributed by atoms with Gasteiger partial charge in [-0.05, 0) is 57.9 Å². The number of hydrogen-bond donors (Lipinski definition) is 1. The van der Waals surface area contributed by atoms with Gasteiger partial charge in [-0.1, -0.05) is 0 Å². The number of piperidine rings is 1. The second-order valence-electron chi connectivity index (χ2n) is 6.66. The molecule has 1 aliphatic rings. The van der Waals surface area contributed by atoms with Crippen molar-refractivity contribution in [3.63, 3.8) is 0 Å². The number of likely N-dealkylation sites (tertiary alicyclic amines) is 1. The van der Waals surface area contributed by atoms with E-state index in [-0.39, 0.29) is 12.1 Å². The fraction of sp³-hybridized carbons (Fsp3) is 0.529. The number of amides is 1. The van der Waals surface area contributed by atoms with Crippen molar-refractivity contribution >= 4 is 23.5 Å². The van der Waals surface area contributed by atoms with Gasteiger partial charge in [0, 0.05) is 24.8 Å². The molecule has 1 fully saturated rings. The van der Waals surface area contributed by atoms with E-state index in [0.717, 1.165) is 25.1 Å². The summed E-state index contributed by atoms with van der Waals surface area (Å²) < 4.78 is 5.43. The van der Waals surface area contributed by atoms with Gasteiger partial charge < -0.3 is 15.0 Å². The molecule has 124 valence electrons. The van der Waals surface area contributed by atoms with Crippen molar-refractivity contribution in [3.8, 4) is 0 Å². The average molecular weight is 317 g/mol. The van der Waals surface area contributed by atoms with Crippen LogP contribution in [-0.4, -0.2) is 41.8 Å². The molecular formula is C17H23N3O3. The van der Waals surface area contributed by atoms with Crippen molar-refractivity contribution in [1.29, 1.82) is 0 Å². The number of anilines is 1. The van der Waals surface area contributed by atoms with Crippen LogP contribution in [0.15, 0.2) is 29.3 Å². The lowest BCUT2D eigenvalue weighted by atomic mass is 10.1. The molecule has 1 unspecified atom stereocenters. The number of carbonyl (C=O) groups is 1. The van der Waals surface area contributed by atoms with Crippen molar-refractivity contribution in [2.45, 2.75) is 45.3 Å². The van der Waals surface area contributed by atoms with Gasteiger partial charge in [-0.2, -0.15) is 4.99 Å². The lowest BCUT2D eigenvalue weighted by Crippen LogP contribution is -2.46.